The zero-order valence-electron chi connectivity index (χ0n) is 10.4. The van der Waals surface area contributed by atoms with E-state index in [9.17, 15) is 5.11 Å². The minimum absolute atomic E-state index is 0.161. The van der Waals surface area contributed by atoms with E-state index in [1.54, 1.807) is 6.07 Å². The van der Waals surface area contributed by atoms with Gasteiger partial charge < -0.3 is 14.7 Å². The Morgan fingerprint density at radius 2 is 1.90 bits per heavy atom. The number of phenolic OH excluding ortho intramolecular Hbond substituents is 1. The van der Waals surface area contributed by atoms with Crippen LogP contribution in [0, 0.1) is 0 Å². The highest BCUT2D eigenvalue weighted by molar-refractivity contribution is 9.10. The van der Waals surface area contributed by atoms with E-state index in [-0.39, 0.29) is 5.75 Å². The van der Waals surface area contributed by atoms with Crippen LogP contribution in [0.15, 0.2) is 39.3 Å². The Morgan fingerprint density at radius 1 is 1.10 bits per heavy atom. The first-order valence-electron chi connectivity index (χ1n) is 6.07. The van der Waals surface area contributed by atoms with Gasteiger partial charge >= 0.3 is 0 Å². The molecule has 0 aromatic heterocycles. The van der Waals surface area contributed by atoms with Crippen molar-refractivity contribution in [2.45, 2.75) is 6.32 Å². The number of ether oxygens (including phenoxy) is 1. The smallest absolute Gasteiger partial charge is 0.156 e. The van der Waals surface area contributed by atoms with Crippen molar-refractivity contribution < 1.29 is 9.84 Å². The van der Waals surface area contributed by atoms with E-state index >= 15 is 0 Å². The standard InChI is InChI=1S/C14H10BBr2NO2/c15-3-4-18-10-5-8(16)1-2-12(10)20-13-7-9(17)6-11(19)14(13)18/h1-2,5-7,19H,3-4H2. The van der Waals surface area contributed by atoms with Crippen molar-refractivity contribution in [1.29, 1.82) is 0 Å². The lowest BCUT2D eigenvalue weighted by atomic mass is 10.0. The quantitative estimate of drug-likeness (QED) is 0.746. The SMILES string of the molecule is [B]CCN1c2cc(Br)ccc2Oc2cc(Br)cc(O)c21. The lowest BCUT2D eigenvalue weighted by Crippen LogP contribution is -2.22. The Balaban J connectivity index is 2.21. The van der Waals surface area contributed by atoms with Gasteiger partial charge in [0.15, 0.2) is 11.5 Å². The Hall–Kier alpha value is -1.14. The first kappa shape index (κ1) is 13.8. The van der Waals surface area contributed by atoms with Crippen molar-refractivity contribution >= 4 is 51.1 Å². The van der Waals surface area contributed by atoms with Crippen LogP contribution in [0.4, 0.5) is 11.4 Å². The second-order valence-corrected chi connectivity index (χ2v) is 6.26. The summed E-state index contributed by atoms with van der Waals surface area (Å²) in [4.78, 5) is 1.97. The summed E-state index contributed by atoms with van der Waals surface area (Å²) in [5, 5.41) is 10.2. The number of nitrogens with zero attached hydrogens (tertiary/aromatic N) is 1. The molecule has 0 amide bonds. The number of benzene rings is 2. The van der Waals surface area contributed by atoms with Crippen LogP contribution in [-0.4, -0.2) is 19.5 Å². The number of phenols is 1. The van der Waals surface area contributed by atoms with E-state index in [1.165, 1.54) is 0 Å². The van der Waals surface area contributed by atoms with Crippen LogP contribution >= 0.6 is 31.9 Å². The van der Waals surface area contributed by atoms with Crippen molar-refractivity contribution in [2.24, 2.45) is 0 Å². The van der Waals surface area contributed by atoms with Gasteiger partial charge in [0.1, 0.15) is 11.4 Å². The van der Waals surface area contributed by atoms with Crippen molar-refractivity contribution in [3.63, 3.8) is 0 Å². The van der Waals surface area contributed by atoms with E-state index in [1.807, 2.05) is 29.2 Å². The zero-order valence-corrected chi connectivity index (χ0v) is 13.6. The zero-order chi connectivity index (χ0) is 14.3. The average molecular weight is 395 g/mol. The number of rotatable bonds is 2. The summed E-state index contributed by atoms with van der Waals surface area (Å²) in [5.74, 6) is 1.51. The molecule has 1 heterocycles. The molecule has 1 aliphatic rings. The maximum atomic E-state index is 10.2. The summed E-state index contributed by atoms with van der Waals surface area (Å²) in [6.07, 6.45) is 0.473. The van der Waals surface area contributed by atoms with E-state index in [2.05, 4.69) is 31.9 Å². The molecule has 0 spiro atoms. The molecule has 1 N–H and O–H groups in total. The molecule has 3 nitrogen and oxygen atoms in total. The molecule has 20 heavy (non-hydrogen) atoms. The van der Waals surface area contributed by atoms with E-state index in [4.69, 9.17) is 12.6 Å². The minimum Gasteiger partial charge on any atom is -0.506 e. The van der Waals surface area contributed by atoms with Crippen molar-refractivity contribution in [1.82, 2.24) is 0 Å². The predicted molar refractivity (Wildman–Crippen MR) is 87.6 cm³/mol. The maximum absolute atomic E-state index is 10.2. The number of hydrogen-bond acceptors (Lipinski definition) is 3. The Kier molecular flexibility index (Phi) is 3.69. The molecule has 0 aliphatic carbocycles. The lowest BCUT2D eigenvalue weighted by Gasteiger charge is -2.33. The maximum Gasteiger partial charge on any atom is 0.156 e. The van der Waals surface area contributed by atoms with Gasteiger partial charge in [0, 0.05) is 15.5 Å². The van der Waals surface area contributed by atoms with Gasteiger partial charge in [-0.3, -0.25) is 0 Å². The first-order valence-corrected chi connectivity index (χ1v) is 7.66. The Labute approximate surface area is 135 Å². The summed E-state index contributed by atoms with van der Waals surface area (Å²) in [6, 6.07) is 9.25. The second-order valence-electron chi connectivity index (χ2n) is 4.43. The van der Waals surface area contributed by atoms with Crippen molar-refractivity contribution in [2.75, 3.05) is 11.4 Å². The molecule has 2 aromatic carbocycles. The monoisotopic (exact) mass is 393 g/mol. The molecule has 1 aliphatic heterocycles. The van der Waals surface area contributed by atoms with Gasteiger partial charge in [-0.1, -0.05) is 38.2 Å². The Bertz CT molecular complexity index is 678. The van der Waals surface area contributed by atoms with E-state index < -0.39 is 0 Å². The van der Waals surface area contributed by atoms with Gasteiger partial charge in [0.05, 0.1) is 13.5 Å². The van der Waals surface area contributed by atoms with Crippen LogP contribution in [0.1, 0.15) is 0 Å². The van der Waals surface area contributed by atoms with Crippen molar-refractivity contribution in [3.8, 4) is 17.2 Å². The predicted octanol–water partition coefficient (Wildman–Crippen LogP) is 4.75. The van der Waals surface area contributed by atoms with Gasteiger partial charge in [-0.15, -0.1) is 0 Å². The molecule has 0 saturated heterocycles. The molecule has 100 valence electrons. The van der Waals surface area contributed by atoms with Crippen LogP contribution in [0.2, 0.25) is 6.32 Å². The third kappa shape index (κ3) is 2.31. The van der Waals surface area contributed by atoms with Crippen LogP contribution < -0.4 is 9.64 Å². The molecule has 2 radical (unpaired) electrons. The molecule has 0 unspecified atom stereocenters. The fourth-order valence-electron chi connectivity index (χ4n) is 2.30. The highest BCUT2D eigenvalue weighted by Crippen LogP contribution is 2.52. The van der Waals surface area contributed by atoms with Gasteiger partial charge in [-0.2, -0.15) is 0 Å². The van der Waals surface area contributed by atoms with Crippen LogP contribution in [0.5, 0.6) is 17.2 Å². The molecular weight excluding hydrogens is 385 g/mol. The van der Waals surface area contributed by atoms with Crippen LogP contribution in [0.25, 0.3) is 0 Å². The average Bonchev–Trinajstić information content (AvgIpc) is 2.38. The van der Waals surface area contributed by atoms with Crippen LogP contribution in [-0.2, 0) is 0 Å². The summed E-state index contributed by atoms with van der Waals surface area (Å²) in [6.45, 7) is 0.592. The molecule has 0 atom stereocenters. The number of anilines is 2. The molecule has 6 heteroatoms. The normalized spacial score (nSPS) is 12.6. The third-order valence-electron chi connectivity index (χ3n) is 3.07. The Morgan fingerprint density at radius 3 is 2.65 bits per heavy atom. The van der Waals surface area contributed by atoms with E-state index in [0.29, 0.717) is 24.3 Å². The summed E-state index contributed by atoms with van der Waals surface area (Å²) >= 11 is 6.82. The molecule has 3 rings (SSSR count). The summed E-state index contributed by atoms with van der Waals surface area (Å²) in [5.41, 5.74) is 1.53. The number of fused-ring (bicyclic) bond motifs is 2. The second kappa shape index (κ2) is 5.33. The third-order valence-corrected chi connectivity index (χ3v) is 4.03. The van der Waals surface area contributed by atoms with Crippen molar-refractivity contribution in [3.05, 3.63) is 39.3 Å². The fraction of sp³-hybridized carbons (Fsp3) is 0.143. The van der Waals surface area contributed by atoms with Gasteiger partial charge in [-0.25, -0.2) is 0 Å². The van der Waals surface area contributed by atoms with Gasteiger partial charge in [0.2, 0.25) is 0 Å². The first-order chi connectivity index (χ1) is 9.60. The molecule has 0 saturated carbocycles. The number of aromatic hydroxyl groups is 1. The highest BCUT2D eigenvalue weighted by atomic mass is 79.9. The minimum atomic E-state index is 0.161. The lowest BCUT2D eigenvalue weighted by molar-refractivity contribution is 0.447. The molecule has 2 aromatic rings. The number of hydrogen-bond donors (Lipinski definition) is 1. The van der Waals surface area contributed by atoms with Crippen LogP contribution in [0.3, 0.4) is 0 Å². The molecule has 0 bridgehead atoms. The molecule has 0 fully saturated rings. The van der Waals surface area contributed by atoms with Gasteiger partial charge in [0.25, 0.3) is 0 Å². The molecular formula is C14H10BBr2NO2. The summed E-state index contributed by atoms with van der Waals surface area (Å²) < 4.78 is 7.59. The largest absolute Gasteiger partial charge is 0.506 e. The topological polar surface area (TPSA) is 32.7 Å². The summed E-state index contributed by atoms with van der Waals surface area (Å²) in [7, 11) is 5.71. The highest BCUT2D eigenvalue weighted by Gasteiger charge is 2.27. The number of halogens is 2. The van der Waals surface area contributed by atoms with E-state index in [0.717, 1.165) is 20.4 Å². The van der Waals surface area contributed by atoms with Gasteiger partial charge in [-0.05, 0) is 30.3 Å². The fourth-order valence-corrected chi connectivity index (χ4v) is 3.07.